The van der Waals surface area contributed by atoms with E-state index in [1.807, 2.05) is 0 Å². The highest BCUT2D eigenvalue weighted by atomic mass is 128. The molecule has 160 valence electrons. The van der Waals surface area contributed by atoms with E-state index in [1.165, 1.54) is 18.0 Å². The van der Waals surface area contributed by atoms with E-state index in [2.05, 4.69) is 77.1 Å². The Morgan fingerprint density at radius 1 is 0.931 bits per heavy atom. The van der Waals surface area contributed by atoms with Crippen LogP contribution >= 0.6 is 96.0 Å². The molecule has 0 fully saturated rings. The minimum atomic E-state index is 0. The molecule has 0 saturated carbocycles. The van der Waals surface area contributed by atoms with E-state index in [1.54, 1.807) is 0 Å². The number of nitrogens with zero attached hydrogens (tertiary/aromatic N) is 7. The van der Waals surface area contributed by atoms with E-state index in [4.69, 9.17) is 50.7 Å². The first-order valence-electron chi connectivity index (χ1n) is 6.21. The number of nitrogens with two attached hydrogens (primary N) is 1. The van der Waals surface area contributed by atoms with Crippen LogP contribution in [0.5, 0.6) is 0 Å². The quantitative estimate of drug-likeness (QED) is 0.0676. The molecule has 0 aliphatic carbocycles. The Morgan fingerprint density at radius 2 is 1.34 bits per heavy atom. The van der Waals surface area contributed by atoms with Gasteiger partial charge in [-0.15, -0.1) is 28.9 Å². The Morgan fingerprint density at radius 3 is 1.83 bits per heavy atom. The van der Waals surface area contributed by atoms with Crippen molar-refractivity contribution in [2.24, 2.45) is 5.34 Å². The second kappa shape index (κ2) is 16.4. The molecule has 0 aliphatic rings. The minimum Gasteiger partial charge on any atom is -1.00 e. The van der Waals surface area contributed by atoms with Crippen LogP contribution in [0, 0.1) is 4.91 Å². The van der Waals surface area contributed by atoms with Crippen LogP contribution in [-0.2, 0) is 0 Å². The fourth-order valence-electron chi connectivity index (χ4n) is 1.59. The molecule has 4 heterocycles. The summed E-state index contributed by atoms with van der Waals surface area (Å²) in [5.41, 5.74) is 7.51. The number of halogens is 7. The summed E-state index contributed by atoms with van der Waals surface area (Å²) >= 11 is 21.2. The lowest BCUT2D eigenvalue weighted by Gasteiger charge is -1.92. The van der Waals surface area contributed by atoms with Crippen molar-refractivity contribution in [2.45, 2.75) is 0 Å². The highest BCUT2D eigenvalue weighted by Gasteiger charge is 2.05. The van der Waals surface area contributed by atoms with Crippen LogP contribution in [0.3, 0.4) is 0 Å². The number of anilines is 1. The van der Waals surface area contributed by atoms with Gasteiger partial charge in [0.2, 0.25) is 11.2 Å². The molecule has 4 aromatic heterocycles. The molecule has 29 heavy (non-hydrogen) atoms. The van der Waals surface area contributed by atoms with Crippen LogP contribution in [-0.4, -0.2) is 45.1 Å². The molecule has 0 spiro atoms. The molecule has 4 rings (SSSR count). The third kappa shape index (κ3) is 9.55. The summed E-state index contributed by atoms with van der Waals surface area (Å²) < 4.78 is 0. The molecule has 0 aliphatic heterocycles. The second-order valence-corrected chi connectivity index (χ2v) is 4.99. The van der Waals surface area contributed by atoms with Crippen LogP contribution in [0.2, 0.25) is 15.6 Å². The van der Waals surface area contributed by atoms with Crippen molar-refractivity contribution in [1.82, 2.24) is 39.9 Å². The molecular weight excluding hydrogens is 815 g/mol. The van der Waals surface area contributed by atoms with E-state index < -0.39 is 0 Å². The molecule has 0 aromatic carbocycles. The number of nitrogens with one attached hydrogen (secondary N) is 2. The van der Waals surface area contributed by atoms with Crippen molar-refractivity contribution in [3.63, 3.8) is 0 Å². The maximum atomic E-state index is 8.11. The zero-order valence-electron chi connectivity index (χ0n) is 13.4. The van der Waals surface area contributed by atoms with Gasteiger partial charge in [0.25, 0.3) is 0 Å². The van der Waals surface area contributed by atoms with Crippen molar-refractivity contribution >= 4 is 124 Å². The van der Waals surface area contributed by atoms with E-state index in [0.717, 1.165) is 0 Å². The zero-order valence-corrected chi connectivity index (χ0v) is 23.1. The van der Waals surface area contributed by atoms with Gasteiger partial charge in [-0.05, 0) is 11.6 Å². The topological polar surface area (TPSA) is 185 Å². The number of aromatic nitrogens is 8. The van der Waals surface area contributed by atoms with E-state index in [9.17, 15) is 0 Å². The summed E-state index contributed by atoms with van der Waals surface area (Å²) in [6.07, 6.45) is 2.98. The number of hydrogen-bond acceptors (Lipinski definition) is 9. The monoisotopic (exact) mass is 821 g/mol. The van der Waals surface area contributed by atoms with Crippen LogP contribution in [0.4, 0.5) is 5.95 Å². The summed E-state index contributed by atoms with van der Waals surface area (Å²) in [4.78, 5) is 36.5. The molecular formula is C10H8Cl4I3N10O2-. The number of rotatable bonds is 0. The number of H-pyrrole nitrogens is 2. The van der Waals surface area contributed by atoms with Gasteiger partial charge in [0.05, 0.1) is 12.7 Å². The molecule has 5 N–H and O–H groups in total. The Bertz CT molecular complexity index is 942. The highest BCUT2D eigenvalue weighted by molar-refractivity contribution is 15.0. The van der Waals surface area contributed by atoms with Crippen LogP contribution in [0.25, 0.3) is 22.3 Å². The molecule has 0 radical (unpaired) electrons. The average Bonchev–Trinajstić information content (AvgIpc) is 3.27. The summed E-state index contributed by atoms with van der Waals surface area (Å²) in [6.45, 7) is 0. The van der Waals surface area contributed by atoms with E-state index in [-0.39, 0.29) is 52.8 Å². The van der Waals surface area contributed by atoms with Crippen LogP contribution in [0.15, 0.2) is 18.0 Å². The predicted molar refractivity (Wildman–Crippen MR) is 134 cm³/mol. The Kier molecular flexibility index (Phi) is 17.4. The maximum Gasteiger partial charge on any atom is 0.225 e. The number of hydrogen-bond donors (Lipinski definition) is 4. The van der Waals surface area contributed by atoms with Crippen molar-refractivity contribution in [3.8, 4) is 0 Å². The van der Waals surface area contributed by atoms with Gasteiger partial charge in [-0.3, -0.25) is 0 Å². The molecule has 4 aromatic rings. The van der Waals surface area contributed by atoms with Gasteiger partial charge in [0, 0.05) is 37.2 Å². The van der Waals surface area contributed by atoms with Crippen molar-refractivity contribution in [2.75, 3.05) is 5.73 Å². The van der Waals surface area contributed by atoms with Gasteiger partial charge in [-0.1, -0.05) is 23.2 Å². The van der Waals surface area contributed by atoms with Crippen molar-refractivity contribution in [1.29, 1.82) is 0 Å². The van der Waals surface area contributed by atoms with Crippen LogP contribution < -0.4 is 18.1 Å². The van der Waals surface area contributed by atoms with Crippen LogP contribution in [0.1, 0.15) is 0 Å². The lowest BCUT2D eigenvalue weighted by Crippen LogP contribution is -3.00. The number of fused-ring (bicyclic) bond motifs is 2. The maximum absolute atomic E-state index is 8.11. The largest absolute Gasteiger partial charge is 1.00 e. The SMILES string of the molecule is Clc1nc(Cl)c2[nH]cnc2n1.I.II.Nc1nc(Cl)c2[nH]cnc2n1.O=NO.[Cl-]. The predicted octanol–water partition coefficient (Wildman–Crippen LogP) is 1.78. The highest BCUT2D eigenvalue weighted by Crippen LogP contribution is 2.18. The Hall–Kier alpha value is -0.350. The van der Waals surface area contributed by atoms with Gasteiger partial charge in [-0.2, -0.15) is 15.0 Å². The first-order valence-corrected chi connectivity index (χ1v) is 13.6. The fraction of sp³-hybridized carbons (Fsp3) is 0. The van der Waals surface area contributed by atoms with Gasteiger partial charge >= 0.3 is 0 Å². The van der Waals surface area contributed by atoms with Gasteiger partial charge in [-0.25, -0.2) is 15.0 Å². The normalized spacial score (nSPS) is 8.72. The summed E-state index contributed by atoms with van der Waals surface area (Å²) in [5.74, 6) is 0.134. The van der Waals surface area contributed by atoms with Gasteiger partial charge in [0.1, 0.15) is 11.0 Å². The zero-order chi connectivity index (χ0) is 20.4. The second-order valence-electron chi connectivity index (χ2n) is 3.94. The number of aromatic amines is 2. The standard InChI is InChI=1S/C5H2Cl2N4.C5H4ClN5.ClH.I2.HI.HNO2/c2*6-3-2-4(9-1-8-2)11-5(7)10-3;;1-2;;2-1-3/h1H,(H,8,9,10,11);1H,(H3,7,8,9,10,11);1H;;1H;(H,2,3)/p-1. The third-order valence-electron chi connectivity index (χ3n) is 2.47. The van der Waals surface area contributed by atoms with Crippen molar-refractivity contribution < 1.29 is 17.6 Å². The smallest absolute Gasteiger partial charge is 0.225 e. The summed E-state index contributed by atoms with van der Waals surface area (Å²) in [7, 11) is 0. The van der Waals surface area contributed by atoms with Gasteiger partial charge in [0.15, 0.2) is 26.9 Å². The Labute approximate surface area is 223 Å². The lowest BCUT2D eigenvalue weighted by atomic mass is 10.6. The molecule has 0 saturated heterocycles. The minimum absolute atomic E-state index is 0. The summed E-state index contributed by atoms with van der Waals surface area (Å²) in [6, 6.07) is 0. The lowest BCUT2D eigenvalue weighted by molar-refractivity contribution is -0.00000670. The molecule has 19 heteroatoms. The fourth-order valence-corrected chi connectivity index (χ4v) is 2.24. The first-order chi connectivity index (χ1) is 13.0. The molecule has 0 atom stereocenters. The summed E-state index contributed by atoms with van der Waals surface area (Å²) in [5, 5.41) is 8.58. The average molecular weight is 823 g/mol. The van der Waals surface area contributed by atoms with Crippen molar-refractivity contribution in [3.05, 3.63) is 33.2 Å². The molecule has 0 amide bonds. The molecule has 12 nitrogen and oxygen atoms in total. The van der Waals surface area contributed by atoms with E-state index in [0.29, 0.717) is 27.5 Å². The third-order valence-corrected chi connectivity index (χ3v) is 3.19. The molecule has 0 unspecified atom stereocenters. The molecule has 0 bridgehead atoms. The van der Waals surface area contributed by atoms with E-state index >= 15 is 0 Å². The van der Waals surface area contributed by atoms with Gasteiger partial charge < -0.3 is 33.3 Å². The first kappa shape index (κ1) is 30.8. The number of imidazole rings is 2. The Balaban J connectivity index is 0. The number of nitrogen functional groups attached to an aromatic ring is 1.